The van der Waals surface area contributed by atoms with Gasteiger partial charge in [0.25, 0.3) is 0 Å². The van der Waals surface area contributed by atoms with Gasteiger partial charge in [0.1, 0.15) is 11.6 Å². The Labute approximate surface area is 116 Å². The fourth-order valence-electron chi connectivity index (χ4n) is 1.84. The van der Waals surface area contributed by atoms with Crippen LogP contribution in [0.1, 0.15) is 39.2 Å². The molecule has 0 amide bonds. The Balaban J connectivity index is 2.89. The first-order chi connectivity index (χ1) is 8.34. The standard InChI is InChI=1S/C14H20BrF2N/c1-8(2)18-7-9(3)10(4)13-12(16)6-5-11(15)14(13)17/h5-6,8-10,18H,7H2,1-4H3. The van der Waals surface area contributed by atoms with Crippen LogP contribution in [0, 0.1) is 17.6 Å². The summed E-state index contributed by atoms with van der Waals surface area (Å²) >= 11 is 3.10. The van der Waals surface area contributed by atoms with Crippen LogP contribution in [0.25, 0.3) is 0 Å². The molecule has 0 heterocycles. The van der Waals surface area contributed by atoms with Crippen molar-refractivity contribution in [2.24, 2.45) is 5.92 Å². The SMILES string of the molecule is CC(C)NCC(C)C(C)c1c(F)ccc(Br)c1F. The zero-order valence-electron chi connectivity index (χ0n) is 11.2. The van der Waals surface area contributed by atoms with Crippen LogP contribution in [0.2, 0.25) is 0 Å². The monoisotopic (exact) mass is 319 g/mol. The fraction of sp³-hybridized carbons (Fsp3) is 0.571. The highest BCUT2D eigenvalue weighted by Gasteiger charge is 2.23. The molecular formula is C14H20BrF2N. The van der Waals surface area contributed by atoms with Gasteiger partial charge in [0, 0.05) is 11.6 Å². The lowest BCUT2D eigenvalue weighted by molar-refractivity contribution is 0.403. The van der Waals surface area contributed by atoms with E-state index >= 15 is 0 Å². The average Bonchev–Trinajstić information content (AvgIpc) is 2.31. The van der Waals surface area contributed by atoms with Crippen molar-refractivity contribution in [3.8, 4) is 0 Å². The van der Waals surface area contributed by atoms with Gasteiger partial charge in [0.05, 0.1) is 4.47 Å². The molecule has 0 bridgehead atoms. The third-order valence-corrected chi connectivity index (χ3v) is 3.85. The number of hydrogen-bond donors (Lipinski definition) is 1. The number of rotatable bonds is 5. The van der Waals surface area contributed by atoms with Gasteiger partial charge in [-0.3, -0.25) is 0 Å². The molecular weight excluding hydrogens is 300 g/mol. The second kappa shape index (κ2) is 6.62. The second-order valence-corrected chi connectivity index (χ2v) is 5.94. The molecule has 0 spiro atoms. The second-order valence-electron chi connectivity index (χ2n) is 5.09. The normalized spacial score (nSPS) is 14.9. The van der Waals surface area contributed by atoms with Crippen LogP contribution in [0.15, 0.2) is 16.6 Å². The minimum absolute atomic E-state index is 0.158. The van der Waals surface area contributed by atoms with Gasteiger partial charge >= 0.3 is 0 Å². The van der Waals surface area contributed by atoms with E-state index in [1.807, 2.05) is 13.8 Å². The Kier molecular flexibility index (Phi) is 5.73. The summed E-state index contributed by atoms with van der Waals surface area (Å²) in [6.07, 6.45) is 0. The van der Waals surface area contributed by atoms with E-state index in [1.165, 1.54) is 12.1 Å². The van der Waals surface area contributed by atoms with Crippen molar-refractivity contribution in [1.82, 2.24) is 5.32 Å². The molecule has 0 aromatic heterocycles. The first-order valence-electron chi connectivity index (χ1n) is 6.21. The van der Waals surface area contributed by atoms with E-state index in [2.05, 4.69) is 35.1 Å². The molecule has 0 radical (unpaired) electrons. The molecule has 1 rings (SSSR count). The Hall–Kier alpha value is -0.480. The summed E-state index contributed by atoms with van der Waals surface area (Å²) in [4.78, 5) is 0. The first-order valence-corrected chi connectivity index (χ1v) is 7.00. The maximum atomic E-state index is 14.0. The summed E-state index contributed by atoms with van der Waals surface area (Å²) < 4.78 is 28.0. The maximum Gasteiger partial charge on any atom is 0.143 e. The minimum Gasteiger partial charge on any atom is -0.314 e. The Morgan fingerprint density at radius 2 is 1.78 bits per heavy atom. The van der Waals surface area contributed by atoms with E-state index in [0.29, 0.717) is 10.5 Å². The van der Waals surface area contributed by atoms with Crippen LogP contribution in [-0.4, -0.2) is 12.6 Å². The van der Waals surface area contributed by atoms with Crippen molar-refractivity contribution in [1.29, 1.82) is 0 Å². The number of hydrogen-bond acceptors (Lipinski definition) is 1. The number of benzene rings is 1. The maximum absolute atomic E-state index is 14.0. The van der Waals surface area contributed by atoms with E-state index in [-0.39, 0.29) is 17.4 Å². The molecule has 0 aliphatic rings. The van der Waals surface area contributed by atoms with Crippen molar-refractivity contribution in [2.45, 2.75) is 39.7 Å². The van der Waals surface area contributed by atoms with Crippen molar-refractivity contribution < 1.29 is 8.78 Å². The molecule has 1 aromatic carbocycles. The molecule has 0 saturated carbocycles. The van der Waals surface area contributed by atoms with Crippen LogP contribution in [0.5, 0.6) is 0 Å². The van der Waals surface area contributed by atoms with Gasteiger partial charge < -0.3 is 5.32 Å². The van der Waals surface area contributed by atoms with E-state index < -0.39 is 11.6 Å². The summed E-state index contributed by atoms with van der Waals surface area (Å²) in [5.74, 6) is -0.974. The molecule has 2 atom stereocenters. The number of nitrogens with one attached hydrogen (secondary N) is 1. The molecule has 18 heavy (non-hydrogen) atoms. The summed E-state index contributed by atoms with van der Waals surface area (Å²) in [7, 11) is 0. The van der Waals surface area contributed by atoms with Gasteiger partial charge in [-0.05, 0) is 46.4 Å². The van der Waals surface area contributed by atoms with Crippen LogP contribution < -0.4 is 5.32 Å². The minimum atomic E-state index is -0.487. The van der Waals surface area contributed by atoms with Crippen molar-refractivity contribution >= 4 is 15.9 Å². The highest BCUT2D eigenvalue weighted by atomic mass is 79.9. The molecule has 0 aliphatic heterocycles. The molecule has 0 fully saturated rings. The molecule has 1 aromatic rings. The topological polar surface area (TPSA) is 12.0 Å². The van der Waals surface area contributed by atoms with Gasteiger partial charge in [-0.25, -0.2) is 8.78 Å². The van der Waals surface area contributed by atoms with Crippen molar-refractivity contribution in [3.63, 3.8) is 0 Å². The highest BCUT2D eigenvalue weighted by Crippen LogP contribution is 2.31. The van der Waals surface area contributed by atoms with E-state index in [4.69, 9.17) is 0 Å². The Bertz CT molecular complexity index is 407. The highest BCUT2D eigenvalue weighted by molar-refractivity contribution is 9.10. The zero-order valence-corrected chi connectivity index (χ0v) is 12.8. The summed E-state index contributed by atoms with van der Waals surface area (Å²) in [5.41, 5.74) is 0.169. The molecule has 1 nitrogen and oxygen atoms in total. The predicted molar refractivity (Wildman–Crippen MR) is 74.8 cm³/mol. The first kappa shape index (κ1) is 15.6. The summed E-state index contributed by atoms with van der Waals surface area (Å²) in [6, 6.07) is 3.08. The number of halogens is 3. The zero-order chi connectivity index (χ0) is 13.9. The molecule has 1 N–H and O–H groups in total. The van der Waals surface area contributed by atoms with Crippen LogP contribution in [-0.2, 0) is 0 Å². The van der Waals surface area contributed by atoms with E-state index in [0.717, 1.165) is 6.54 Å². The fourth-order valence-corrected chi connectivity index (χ4v) is 2.19. The molecule has 0 aliphatic carbocycles. The van der Waals surface area contributed by atoms with Crippen LogP contribution >= 0.6 is 15.9 Å². The Morgan fingerprint density at radius 1 is 1.17 bits per heavy atom. The van der Waals surface area contributed by atoms with E-state index in [9.17, 15) is 8.78 Å². The van der Waals surface area contributed by atoms with Crippen LogP contribution in [0.3, 0.4) is 0 Å². The molecule has 0 saturated heterocycles. The lowest BCUT2D eigenvalue weighted by Crippen LogP contribution is -2.30. The van der Waals surface area contributed by atoms with Gasteiger partial charge in [0.2, 0.25) is 0 Å². The predicted octanol–water partition coefficient (Wildman–Crippen LogP) is 4.46. The quantitative estimate of drug-likeness (QED) is 0.790. The van der Waals surface area contributed by atoms with Crippen molar-refractivity contribution in [2.75, 3.05) is 6.54 Å². The van der Waals surface area contributed by atoms with Gasteiger partial charge in [-0.1, -0.05) is 27.7 Å². The molecule has 4 heteroatoms. The summed E-state index contributed by atoms with van der Waals surface area (Å²) in [6.45, 7) is 8.71. The molecule has 102 valence electrons. The van der Waals surface area contributed by atoms with Gasteiger partial charge in [-0.15, -0.1) is 0 Å². The third-order valence-electron chi connectivity index (χ3n) is 3.24. The smallest absolute Gasteiger partial charge is 0.143 e. The largest absolute Gasteiger partial charge is 0.314 e. The van der Waals surface area contributed by atoms with E-state index in [1.54, 1.807) is 0 Å². The summed E-state index contributed by atoms with van der Waals surface area (Å²) in [5, 5.41) is 3.29. The van der Waals surface area contributed by atoms with Gasteiger partial charge in [0.15, 0.2) is 0 Å². The van der Waals surface area contributed by atoms with Crippen LogP contribution in [0.4, 0.5) is 8.78 Å². The molecule has 2 unspecified atom stereocenters. The lowest BCUT2D eigenvalue weighted by Gasteiger charge is -2.23. The average molecular weight is 320 g/mol. The van der Waals surface area contributed by atoms with Gasteiger partial charge in [-0.2, -0.15) is 0 Å². The lowest BCUT2D eigenvalue weighted by atomic mass is 9.88. The van der Waals surface area contributed by atoms with Crippen molar-refractivity contribution in [3.05, 3.63) is 33.8 Å². The Morgan fingerprint density at radius 3 is 2.33 bits per heavy atom. The third kappa shape index (κ3) is 3.75.